The smallest absolute Gasteiger partial charge is 0.119 e. The molecule has 2 nitrogen and oxygen atoms in total. The third-order valence-electron chi connectivity index (χ3n) is 2.06. The van der Waals surface area contributed by atoms with Crippen molar-refractivity contribution in [2.24, 2.45) is 5.73 Å². The van der Waals surface area contributed by atoms with Gasteiger partial charge in [-0.1, -0.05) is 15.9 Å². The molecule has 0 saturated carbocycles. The second-order valence-corrected chi connectivity index (χ2v) is 4.68. The van der Waals surface area contributed by atoms with Crippen LogP contribution in [0.1, 0.15) is 25.0 Å². The lowest BCUT2D eigenvalue weighted by molar-refractivity contribution is 0.464. The second-order valence-electron chi connectivity index (χ2n) is 3.82. The predicted molar refractivity (Wildman–Crippen MR) is 57.8 cm³/mol. The van der Waals surface area contributed by atoms with Crippen LogP contribution in [0.4, 0.5) is 0 Å². The van der Waals surface area contributed by atoms with E-state index in [1.807, 2.05) is 26.8 Å². The molecule has 0 aromatic heterocycles. The van der Waals surface area contributed by atoms with Crippen molar-refractivity contribution in [2.45, 2.75) is 26.3 Å². The number of rotatable bonds is 1. The summed E-state index contributed by atoms with van der Waals surface area (Å²) in [6.07, 6.45) is 0. The van der Waals surface area contributed by atoms with E-state index in [0.717, 1.165) is 15.6 Å². The van der Waals surface area contributed by atoms with Gasteiger partial charge in [0, 0.05) is 15.6 Å². The number of halogens is 1. The van der Waals surface area contributed by atoms with Gasteiger partial charge in [-0.2, -0.15) is 0 Å². The monoisotopic (exact) mass is 243 g/mol. The third kappa shape index (κ3) is 2.23. The van der Waals surface area contributed by atoms with Gasteiger partial charge in [0.05, 0.1) is 0 Å². The average molecular weight is 244 g/mol. The molecule has 0 bridgehead atoms. The number of phenols is 1. The van der Waals surface area contributed by atoms with Crippen LogP contribution < -0.4 is 5.73 Å². The molecule has 13 heavy (non-hydrogen) atoms. The molecule has 0 aliphatic carbocycles. The zero-order valence-electron chi connectivity index (χ0n) is 8.06. The highest BCUT2D eigenvalue weighted by molar-refractivity contribution is 9.10. The first-order valence-corrected chi connectivity index (χ1v) is 4.90. The van der Waals surface area contributed by atoms with Gasteiger partial charge in [0.2, 0.25) is 0 Å². The first-order chi connectivity index (χ1) is 5.82. The van der Waals surface area contributed by atoms with Crippen LogP contribution in [0.25, 0.3) is 0 Å². The van der Waals surface area contributed by atoms with Gasteiger partial charge in [0.25, 0.3) is 0 Å². The normalized spacial score (nSPS) is 11.8. The molecule has 0 heterocycles. The Morgan fingerprint density at radius 1 is 1.38 bits per heavy atom. The topological polar surface area (TPSA) is 46.2 Å². The fourth-order valence-corrected chi connectivity index (χ4v) is 1.49. The van der Waals surface area contributed by atoms with Gasteiger partial charge in [-0.3, -0.25) is 0 Å². The van der Waals surface area contributed by atoms with E-state index in [2.05, 4.69) is 15.9 Å². The molecule has 1 aromatic rings. The van der Waals surface area contributed by atoms with E-state index in [4.69, 9.17) is 5.73 Å². The molecule has 1 aromatic carbocycles. The summed E-state index contributed by atoms with van der Waals surface area (Å²) in [6.45, 7) is 5.67. The summed E-state index contributed by atoms with van der Waals surface area (Å²) in [7, 11) is 0. The van der Waals surface area contributed by atoms with Crippen molar-refractivity contribution >= 4 is 15.9 Å². The van der Waals surface area contributed by atoms with Crippen LogP contribution in [0.5, 0.6) is 5.75 Å². The van der Waals surface area contributed by atoms with Crippen LogP contribution in [-0.4, -0.2) is 5.11 Å². The van der Waals surface area contributed by atoms with Gasteiger partial charge in [0.1, 0.15) is 5.75 Å². The fourth-order valence-electron chi connectivity index (χ4n) is 1.04. The molecule has 3 N–H and O–H groups in total. The SMILES string of the molecule is Cc1c(O)cc(C(C)(C)N)cc1Br. The summed E-state index contributed by atoms with van der Waals surface area (Å²) in [6, 6.07) is 3.65. The second kappa shape index (κ2) is 3.31. The van der Waals surface area contributed by atoms with E-state index in [9.17, 15) is 5.11 Å². The van der Waals surface area contributed by atoms with Crippen LogP contribution in [0.2, 0.25) is 0 Å². The molecule has 0 radical (unpaired) electrons. The summed E-state index contributed by atoms with van der Waals surface area (Å²) in [4.78, 5) is 0. The molecule has 0 unspecified atom stereocenters. The summed E-state index contributed by atoms with van der Waals surface area (Å²) in [5, 5.41) is 9.56. The van der Waals surface area contributed by atoms with E-state index in [0.29, 0.717) is 0 Å². The molecular formula is C10H14BrNO. The van der Waals surface area contributed by atoms with Gasteiger partial charge < -0.3 is 10.8 Å². The van der Waals surface area contributed by atoms with Gasteiger partial charge in [-0.25, -0.2) is 0 Å². The maximum absolute atomic E-state index is 9.56. The lowest BCUT2D eigenvalue weighted by Gasteiger charge is -2.20. The van der Waals surface area contributed by atoms with Crippen LogP contribution in [0.15, 0.2) is 16.6 Å². The number of phenolic OH excluding ortho intramolecular Hbond substituents is 1. The van der Waals surface area contributed by atoms with Crippen molar-refractivity contribution in [1.29, 1.82) is 0 Å². The van der Waals surface area contributed by atoms with Crippen molar-refractivity contribution in [2.75, 3.05) is 0 Å². The molecule has 0 spiro atoms. The molecule has 0 fully saturated rings. The summed E-state index contributed by atoms with van der Waals surface area (Å²) >= 11 is 3.37. The van der Waals surface area contributed by atoms with Crippen LogP contribution in [0, 0.1) is 6.92 Å². The fraction of sp³-hybridized carbons (Fsp3) is 0.400. The summed E-state index contributed by atoms with van der Waals surface area (Å²) < 4.78 is 0.890. The van der Waals surface area contributed by atoms with Crippen LogP contribution in [0.3, 0.4) is 0 Å². The molecular weight excluding hydrogens is 230 g/mol. The molecule has 0 aliphatic heterocycles. The van der Waals surface area contributed by atoms with E-state index in [1.54, 1.807) is 6.07 Å². The summed E-state index contributed by atoms with van der Waals surface area (Å²) in [5.41, 5.74) is 7.25. The Bertz CT molecular complexity index is 305. The highest BCUT2D eigenvalue weighted by atomic mass is 79.9. The van der Waals surface area contributed by atoms with Gasteiger partial charge in [0.15, 0.2) is 0 Å². The van der Waals surface area contributed by atoms with E-state index >= 15 is 0 Å². The number of benzene rings is 1. The maximum atomic E-state index is 9.56. The summed E-state index contributed by atoms with van der Waals surface area (Å²) in [5.74, 6) is 0.280. The lowest BCUT2D eigenvalue weighted by atomic mass is 9.94. The minimum atomic E-state index is -0.423. The Labute approximate surface area is 86.9 Å². The molecule has 0 aliphatic rings. The molecule has 1 rings (SSSR count). The van der Waals surface area contributed by atoms with Crippen molar-refractivity contribution in [3.63, 3.8) is 0 Å². The Hall–Kier alpha value is -0.540. The average Bonchev–Trinajstić information content (AvgIpc) is 1.97. The van der Waals surface area contributed by atoms with Crippen molar-refractivity contribution < 1.29 is 5.11 Å². The zero-order chi connectivity index (χ0) is 10.2. The number of aromatic hydroxyl groups is 1. The van der Waals surface area contributed by atoms with Gasteiger partial charge in [-0.05, 0) is 38.5 Å². The quantitative estimate of drug-likeness (QED) is 0.797. The van der Waals surface area contributed by atoms with E-state index in [1.165, 1.54) is 0 Å². The number of nitrogens with two attached hydrogens (primary N) is 1. The van der Waals surface area contributed by atoms with E-state index < -0.39 is 5.54 Å². The zero-order valence-corrected chi connectivity index (χ0v) is 9.64. The third-order valence-corrected chi connectivity index (χ3v) is 2.88. The molecule has 72 valence electrons. The Balaban J connectivity index is 3.29. The van der Waals surface area contributed by atoms with Gasteiger partial charge >= 0.3 is 0 Å². The molecule has 3 heteroatoms. The highest BCUT2D eigenvalue weighted by Gasteiger charge is 2.16. The Morgan fingerprint density at radius 3 is 2.31 bits per heavy atom. The number of hydrogen-bond acceptors (Lipinski definition) is 2. The Morgan fingerprint density at radius 2 is 1.92 bits per heavy atom. The first-order valence-electron chi connectivity index (χ1n) is 4.11. The predicted octanol–water partition coefficient (Wildman–Crippen LogP) is 2.66. The minimum absolute atomic E-state index is 0.280. The van der Waals surface area contributed by atoms with Gasteiger partial charge in [-0.15, -0.1) is 0 Å². The maximum Gasteiger partial charge on any atom is 0.119 e. The largest absolute Gasteiger partial charge is 0.508 e. The highest BCUT2D eigenvalue weighted by Crippen LogP contribution is 2.30. The minimum Gasteiger partial charge on any atom is -0.508 e. The lowest BCUT2D eigenvalue weighted by Crippen LogP contribution is -2.28. The van der Waals surface area contributed by atoms with Crippen molar-refractivity contribution in [3.05, 3.63) is 27.7 Å². The first kappa shape index (κ1) is 10.5. The standard InChI is InChI=1S/C10H14BrNO/c1-6-8(11)4-7(5-9(6)13)10(2,3)12/h4-5,13H,12H2,1-3H3. The molecule has 0 atom stereocenters. The molecule has 0 saturated heterocycles. The van der Waals surface area contributed by atoms with Crippen molar-refractivity contribution in [1.82, 2.24) is 0 Å². The Kier molecular flexibility index (Phi) is 2.68. The van der Waals surface area contributed by atoms with Crippen LogP contribution >= 0.6 is 15.9 Å². The number of hydrogen-bond donors (Lipinski definition) is 2. The van der Waals surface area contributed by atoms with Crippen molar-refractivity contribution in [3.8, 4) is 5.75 Å². The van der Waals surface area contributed by atoms with Crippen LogP contribution in [-0.2, 0) is 5.54 Å². The molecule has 0 amide bonds. The van der Waals surface area contributed by atoms with E-state index in [-0.39, 0.29) is 5.75 Å².